The predicted octanol–water partition coefficient (Wildman–Crippen LogP) is 2.73. The Labute approximate surface area is 174 Å². The third-order valence-electron chi connectivity index (χ3n) is 4.78. The molecule has 9 heteroatoms. The summed E-state index contributed by atoms with van der Waals surface area (Å²) in [5.74, 6) is 2.34. The van der Waals surface area contributed by atoms with Crippen LogP contribution in [0.2, 0.25) is 5.02 Å². The Morgan fingerprint density at radius 1 is 1.24 bits per heavy atom. The molecule has 8 nitrogen and oxygen atoms in total. The molecule has 0 radical (unpaired) electrons. The largest absolute Gasteiger partial charge is 0.486 e. The standard InChI is InChI=1S/C20H24ClN5O3/c1-11-7-16(22-2)26-20(24-11)25-14-9-15-19(29-6-5-28-15)17(18(14)21)12-3-4-23-10-13(27)8-12/h3,7,9,13,23,27H,4-6,8,10H2,1-2H3,(H2,22,24,25,26)/t13-/m0/s1. The van der Waals surface area contributed by atoms with E-state index in [1.54, 1.807) is 13.1 Å². The van der Waals surface area contributed by atoms with Crippen molar-refractivity contribution in [3.05, 3.63) is 34.5 Å². The topological polar surface area (TPSA) is 101 Å². The van der Waals surface area contributed by atoms with E-state index in [-0.39, 0.29) is 0 Å². The lowest BCUT2D eigenvalue weighted by atomic mass is 9.97. The molecule has 1 aromatic carbocycles. The number of nitrogens with one attached hydrogen (secondary N) is 3. The molecule has 0 saturated heterocycles. The van der Waals surface area contributed by atoms with Crippen LogP contribution in [0.1, 0.15) is 17.7 Å². The second-order valence-corrected chi connectivity index (χ2v) is 7.35. The number of aromatic nitrogens is 2. The maximum atomic E-state index is 10.2. The van der Waals surface area contributed by atoms with Gasteiger partial charge in [0.05, 0.1) is 16.8 Å². The molecule has 29 heavy (non-hydrogen) atoms. The molecule has 4 N–H and O–H groups in total. The first-order valence-electron chi connectivity index (χ1n) is 9.56. The predicted molar refractivity (Wildman–Crippen MR) is 114 cm³/mol. The SMILES string of the molecule is CNc1cc(C)nc(Nc2cc3c(c(C4=CCNC[C@@H](O)C4)c2Cl)OCCO3)n1. The maximum Gasteiger partial charge on any atom is 0.229 e. The van der Waals surface area contributed by atoms with Gasteiger partial charge in [-0.15, -0.1) is 0 Å². The number of anilines is 3. The lowest BCUT2D eigenvalue weighted by Gasteiger charge is -2.25. The van der Waals surface area contributed by atoms with Gasteiger partial charge in [-0.1, -0.05) is 17.7 Å². The molecule has 4 rings (SSSR count). The number of aliphatic hydroxyl groups excluding tert-OH is 1. The summed E-state index contributed by atoms with van der Waals surface area (Å²) in [7, 11) is 1.80. The van der Waals surface area contributed by atoms with Crippen LogP contribution in [0.5, 0.6) is 11.5 Å². The van der Waals surface area contributed by atoms with Gasteiger partial charge < -0.3 is 30.5 Å². The van der Waals surface area contributed by atoms with Gasteiger partial charge in [0.2, 0.25) is 5.95 Å². The number of hydrogen-bond donors (Lipinski definition) is 4. The normalized spacial score (nSPS) is 18.6. The van der Waals surface area contributed by atoms with Crippen LogP contribution in [-0.2, 0) is 0 Å². The summed E-state index contributed by atoms with van der Waals surface area (Å²) in [4.78, 5) is 8.88. The minimum absolute atomic E-state index is 0.426. The van der Waals surface area contributed by atoms with Crippen LogP contribution in [0.4, 0.5) is 17.5 Å². The number of fused-ring (bicyclic) bond motifs is 1. The highest BCUT2D eigenvalue weighted by Gasteiger charge is 2.26. The van der Waals surface area contributed by atoms with Gasteiger partial charge in [0, 0.05) is 49.9 Å². The van der Waals surface area contributed by atoms with E-state index >= 15 is 0 Å². The minimum Gasteiger partial charge on any atom is -0.486 e. The van der Waals surface area contributed by atoms with E-state index in [1.165, 1.54) is 0 Å². The van der Waals surface area contributed by atoms with Gasteiger partial charge in [0.15, 0.2) is 11.5 Å². The zero-order chi connectivity index (χ0) is 20.4. The summed E-state index contributed by atoms with van der Waals surface area (Å²) >= 11 is 6.83. The quantitative estimate of drug-likeness (QED) is 0.602. The Balaban J connectivity index is 1.79. The van der Waals surface area contributed by atoms with Gasteiger partial charge in [-0.05, 0) is 12.5 Å². The minimum atomic E-state index is -0.505. The fourth-order valence-electron chi connectivity index (χ4n) is 3.47. The number of halogens is 1. The molecule has 2 aliphatic rings. The lowest BCUT2D eigenvalue weighted by molar-refractivity contribution is 0.170. The maximum absolute atomic E-state index is 10.2. The summed E-state index contributed by atoms with van der Waals surface area (Å²) in [5.41, 5.74) is 3.09. The first kappa shape index (κ1) is 19.8. The van der Waals surface area contributed by atoms with Crippen molar-refractivity contribution in [3.8, 4) is 11.5 Å². The molecule has 2 aliphatic heterocycles. The summed E-state index contributed by atoms with van der Waals surface area (Å²) in [5, 5.41) is 20.1. The molecule has 0 spiro atoms. The average Bonchev–Trinajstić information content (AvgIpc) is 2.92. The molecule has 2 aromatic rings. The number of benzene rings is 1. The van der Waals surface area contributed by atoms with Crippen molar-refractivity contribution in [2.75, 3.05) is 44.0 Å². The molecule has 0 bridgehead atoms. The highest BCUT2D eigenvalue weighted by molar-refractivity contribution is 6.35. The van der Waals surface area contributed by atoms with Gasteiger partial charge >= 0.3 is 0 Å². The molecule has 154 valence electrons. The number of β-amino-alcohol motifs (C(OH)–C–C–N with tert-alkyl or cyclic N) is 1. The Morgan fingerprint density at radius 2 is 2.07 bits per heavy atom. The van der Waals surface area contributed by atoms with Crippen LogP contribution in [-0.4, -0.2) is 54.5 Å². The summed E-state index contributed by atoms with van der Waals surface area (Å²) in [6, 6.07) is 3.66. The van der Waals surface area contributed by atoms with Gasteiger partial charge in [-0.2, -0.15) is 4.98 Å². The Kier molecular flexibility index (Phi) is 5.75. The van der Waals surface area contributed by atoms with Crippen molar-refractivity contribution in [1.82, 2.24) is 15.3 Å². The first-order valence-corrected chi connectivity index (χ1v) is 9.93. The van der Waals surface area contributed by atoms with Gasteiger partial charge in [0.1, 0.15) is 19.0 Å². The van der Waals surface area contributed by atoms with Crippen LogP contribution in [0.25, 0.3) is 5.57 Å². The van der Waals surface area contributed by atoms with Gasteiger partial charge in [-0.3, -0.25) is 0 Å². The van der Waals surface area contributed by atoms with Crippen molar-refractivity contribution in [1.29, 1.82) is 0 Å². The van der Waals surface area contributed by atoms with Crippen molar-refractivity contribution in [2.45, 2.75) is 19.4 Å². The smallest absolute Gasteiger partial charge is 0.229 e. The van der Waals surface area contributed by atoms with Gasteiger partial charge in [-0.25, -0.2) is 4.98 Å². The third kappa shape index (κ3) is 4.24. The molecular formula is C20H24ClN5O3. The monoisotopic (exact) mass is 417 g/mol. The number of aryl methyl sites for hydroxylation is 1. The molecule has 0 aliphatic carbocycles. The van der Waals surface area contributed by atoms with Crippen LogP contribution < -0.4 is 25.4 Å². The Bertz CT molecular complexity index is 950. The van der Waals surface area contributed by atoms with E-state index in [0.29, 0.717) is 66.7 Å². The first-order chi connectivity index (χ1) is 14.0. The molecule has 0 amide bonds. The molecule has 0 saturated carbocycles. The van der Waals surface area contributed by atoms with Crippen LogP contribution in [0.3, 0.4) is 0 Å². The van der Waals surface area contributed by atoms with Crippen molar-refractivity contribution < 1.29 is 14.6 Å². The number of nitrogens with zero attached hydrogens (tertiary/aromatic N) is 2. The molecule has 1 atom stereocenters. The number of hydrogen-bond acceptors (Lipinski definition) is 8. The van der Waals surface area contributed by atoms with Gasteiger partial charge in [0.25, 0.3) is 0 Å². The highest BCUT2D eigenvalue weighted by Crippen LogP contribution is 2.47. The summed E-state index contributed by atoms with van der Waals surface area (Å²) in [6.07, 6.45) is 1.99. The van der Waals surface area contributed by atoms with Crippen molar-refractivity contribution in [2.24, 2.45) is 0 Å². The second-order valence-electron chi connectivity index (χ2n) is 6.98. The van der Waals surface area contributed by atoms with E-state index in [2.05, 4.69) is 25.9 Å². The average molecular weight is 418 g/mol. The van der Waals surface area contributed by atoms with Crippen LogP contribution in [0, 0.1) is 6.92 Å². The van der Waals surface area contributed by atoms with Crippen LogP contribution in [0.15, 0.2) is 18.2 Å². The lowest BCUT2D eigenvalue weighted by Crippen LogP contribution is -2.24. The van der Waals surface area contributed by atoms with Crippen molar-refractivity contribution >= 4 is 34.6 Å². The fourth-order valence-corrected chi connectivity index (χ4v) is 3.78. The molecule has 1 aromatic heterocycles. The van der Waals surface area contributed by atoms with E-state index < -0.39 is 6.10 Å². The molecule has 0 unspecified atom stereocenters. The number of rotatable bonds is 4. The third-order valence-corrected chi connectivity index (χ3v) is 5.17. The van der Waals surface area contributed by atoms with Crippen molar-refractivity contribution in [3.63, 3.8) is 0 Å². The second kappa shape index (κ2) is 8.44. The number of ether oxygens (including phenoxy) is 2. The molecule has 0 fully saturated rings. The zero-order valence-corrected chi connectivity index (χ0v) is 17.1. The molecular weight excluding hydrogens is 394 g/mol. The van der Waals surface area contributed by atoms with Crippen LogP contribution >= 0.6 is 11.6 Å². The fraction of sp³-hybridized carbons (Fsp3) is 0.400. The van der Waals surface area contributed by atoms with E-state index in [9.17, 15) is 5.11 Å². The molecule has 3 heterocycles. The Hall–Kier alpha value is -2.55. The van der Waals surface area contributed by atoms with E-state index in [1.807, 2.05) is 19.1 Å². The van der Waals surface area contributed by atoms with E-state index in [0.717, 1.165) is 16.8 Å². The Morgan fingerprint density at radius 3 is 2.90 bits per heavy atom. The highest BCUT2D eigenvalue weighted by atomic mass is 35.5. The zero-order valence-electron chi connectivity index (χ0n) is 16.4. The van der Waals surface area contributed by atoms with E-state index in [4.69, 9.17) is 21.1 Å². The number of aliphatic hydroxyl groups is 1. The summed E-state index contributed by atoms with van der Waals surface area (Å²) in [6.45, 7) is 3.97. The summed E-state index contributed by atoms with van der Waals surface area (Å²) < 4.78 is 11.7.